The van der Waals surface area contributed by atoms with E-state index in [0.717, 1.165) is 6.42 Å². The van der Waals surface area contributed by atoms with Crippen molar-refractivity contribution in [1.82, 2.24) is 5.32 Å². The maximum absolute atomic E-state index is 11.5. The summed E-state index contributed by atoms with van der Waals surface area (Å²) in [6.07, 6.45) is 1.22. The Kier molecular flexibility index (Phi) is 4.83. The molecular formula is C13H19NO2. The van der Waals surface area contributed by atoms with Crippen molar-refractivity contribution in [1.29, 1.82) is 0 Å². The summed E-state index contributed by atoms with van der Waals surface area (Å²) in [4.78, 5) is 11.5. The number of para-hydroxylation sites is 1. The first-order valence-corrected chi connectivity index (χ1v) is 5.63. The van der Waals surface area contributed by atoms with Gasteiger partial charge >= 0.3 is 0 Å². The summed E-state index contributed by atoms with van der Waals surface area (Å²) in [7, 11) is 0. The van der Waals surface area contributed by atoms with E-state index in [9.17, 15) is 9.90 Å². The van der Waals surface area contributed by atoms with Gasteiger partial charge in [-0.1, -0.05) is 32.0 Å². The molecule has 88 valence electrons. The third kappa shape index (κ3) is 4.34. The molecule has 0 aliphatic carbocycles. The van der Waals surface area contributed by atoms with Crippen molar-refractivity contribution in [3.8, 4) is 5.75 Å². The van der Waals surface area contributed by atoms with Crippen molar-refractivity contribution in [3.63, 3.8) is 0 Å². The van der Waals surface area contributed by atoms with Crippen LogP contribution in [-0.4, -0.2) is 17.6 Å². The lowest BCUT2D eigenvalue weighted by atomic mass is 10.1. The van der Waals surface area contributed by atoms with E-state index in [1.165, 1.54) is 0 Å². The lowest BCUT2D eigenvalue weighted by Crippen LogP contribution is -2.26. The molecule has 3 heteroatoms. The average molecular weight is 221 g/mol. The summed E-state index contributed by atoms with van der Waals surface area (Å²) in [5, 5.41) is 12.3. The van der Waals surface area contributed by atoms with Gasteiger partial charge in [-0.2, -0.15) is 0 Å². The van der Waals surface area contributed by atoms with Crippen molar-refractivity contribution in [2.45, 2.75) is 26.7 Å². The molecule has 0 saturated carbocycles. The monoisotopic (exact) mass is 221 g/mol. The first kappa shape index (κ1) is 12.6. The van der Waals surface area contributed by atoms with E-state index < -0.39 is 0 Å². The number of amides is 1. The van der Waals surface area contributed by atoms with E-state index in [1.807, 2.05) is 6.07 Å². The molecule has 16 heavy (non-hydrogen) atoms. The highest BCUT2D eigenvalue weighted by Gasteiger charge is 2.06. The molecule has 0 spiro atoms. The molecule has 1 amide bonds. The fraction of sp³-hybridized carbons (Fsp3) is 0.462. The van der Waals surface area contributed by atoms with Gasteiger partial charge in [0.15, 0.2) is 0 Å². The largest absolute Gasteiger partial charge is 0.508 e. The molecule has 0 aliphatic rings. The molecule has 0 saturated heterocycles. The SMILES string of the molecule is CC(C)CCNC(=O)Cc1ccccc1O. The molecule has 0 unspecified atom stereocenters. The smallest absolute Gasteiger partial charge is 0.224 e. The molecule has 1 aromatic carbocycles. The van der Waals surface area contributed by atoms with Crippen LogP contribution in [0.4, 0.5) is 0 Å². The number of carbonyl (C=O) groups is 1. The van der Waals surface area contributed by atoms with E-state index >= 15 is 0 Å². The second-order valence-corrected chi connectivity index (χ2v) is 4.34. The van der Waals surface area contributed by atoms with Crippen LogP contribution in [0, 0.1) is 5.92 Å². The van der Waals surface area contributed by atoms with E-state index in [0.29, 0.717) is 18.0 Å². The van der Waals surface area contributed by atoms with Gasteiger partial charge in [-0.15, -0.1) is 0 Å². The van der Waals surface area contributed by atoms with Crippen LogP contribution >= 0.6 is 0 Å². The lowest BCUT2D eigenvalue weighted by molar-refractivity contribution is -0.120. The Balaban J connectivity index is 2.37. The van der Waals surface area contributed by atoms with Gasteiger partial charge in [-0.05, 0) is 18.4 Å². The molecule has 0 radical (unpaired) electrons. The number of phenolic OH excluding ortho intramolecular Hbond substituents is 1. The molecule has 1 aromatic rings. The highest BCUT2D eigenvalue weighted by Crippen LogP contribution is 2.15. The molecule has 3 nitrogen and oxygen atoms in total. The zero-order valence-electron chi connectivity index (χ0n) is 9.86. The minimum absolute atomic E-state index is 0.0397. The van der Waals surface area contributed by atoms with Gasteiger partial charge in [0.1, 0.15) is 5.75 Å². The number of benzene rings is 1. The first-order valence-electron chi connectivity index (χ1n) is 5.63. The van der Waals surface area contributed by atoms with Gasteiger partial charge in [0, 0.05) is 12.1 Å². The predicted octanol–water partition coefficient (Wildman–Crippen LogP) is 2.10. The minimum atomic E-state index is -0.0397. The van der Waals surface area contributed by atoms with Crippen molar-refractivity contribution >= 4 is 5.91 Å². The van der Waals surface area contributed by atoms with Crippen LogP contribution in [0.2, 0.25) is 0 Å². The van der Waals surface area contributed by atoms with Crippen LogP contribution in [0.15, 0.2) is 24.3 Å². The van der Waals surface area contributed by atoms with Crippen molar-refractivity contribution in [3.05, 3.63) is 29.8 Å². The van der Waals surface area contributed by atoms with Crippen LogP contribution in [0.5, 0.6) is 5.75 Å². The average Bonchev–Trinajstić information content (AvgIpc) is 2.21. The fourth-order valence-electron chi connectivity index (χ4n) is 1.40. The number of rotatable bonds is 5. The van der Waals surface area contributed by atoms with Crippen LogP contribution < -0.4 is 5.32 Å². The molecule has 0 bridgehead atoms. The molecule has 0 atom stereocenters. The van der Waals surface area contributed by atoms with E-state index in [4.69, 9.17) is 0 Å². The standard InChI is InChI=1S/C13H19NO2/c1-10(2)7-8-14-13(16)9-11-5-3-4-6-12(11)15/h3-6,10,15H,7-9H2,1-2H3,(H,14,16). The highest BCUT2D eigenvalue weighted by atomic mass is 16.3. The van der Waals surface area contributed by atoms with E-state index in [2.05, 4.69) is 19.2 Å². The van der Waals surface area contributed by atoms with Gasteiger partial charge in [0.2, 0.25) is 5.91 Å². The summed E-state index contributed by atoms with van der Waals surface area (Å²) in [6.45, 7) is 4.94. The molecule has 0 heterocycles. The maximum atomic E-state index is 11.5. The van der Waals surface area contributed by atoms with Crippen LogP contribution in [0.25, 0.3) is 0 Å². The number of hydrogen-bond acceptors (Lipinski definition) is 2. The van der Waals surface area contributed by atoms with Gasteiger partial charge in [-0.3, -0.25) is 4.79 Å². The molecular weight excluding hydrogens is 202 g/mol. The Labute approximate surface area is 96.5 Å². The number of carbonyl (C=O) groups excluding carboxylic acids is 1. The second-order valence-electron chi connectivity index (χ2n) is 4.34. The van der Waals surface area contributed by atoms with Crippen LogP contribution in [0.3, 0.4) is 0 Å². The van der Waals surface area contributed by atoms with Gasteiger partial charge in [0.05, 0.1) is 6.42 Å². The Hall–Kier alpha value is -1.51. The van der Waals surface area contributed by atoms with Crippen LogP contribution in [0.1, 0.15) is 25.8 Å². The number of aromatic hydroxyl groups is 1. The molecule has 1 rings (SSSR count). The third-order valence-electron chi connectivity index (χ3n) is 2.39. The van der Waals surface area contributed by atoms with E-state index in [1.54, 1.807) is 18.2 Å². The zero-order chi connectivity index (χ0) is 12.0. The van der Waals surface area contributed by atoms with Gasteiger partial charge < -0.3 is 10.4 Å². The maximum Gasteiger partial charge on any atom is 0.224 e. The zero-order valence-corrected chi connectivity index (χ0v) is 9.86. The number of phenols is 1. The summed E-state index contributed by atoms with van der Waals surface area (Å²) in [6, 6.07) is 6.92. The van der Waals surface area contributed by atoms with Gasteiger partial charge in [0.25, 0.3) is 0 Å². The van der Waals surface area contributed by atoms with Crippen molar-refractivity contribution < 1.29 is 9.90 Å². The third-order valence-corrected chi connectivity index (χ3v) is 2.39. The number of hydrogen-bond donors (Lipinski definition) is 2. The van der Waals surface area contributed by atoms with Crippen LogP contribution in [-0.2, 0) is 11.2 Å². The fourth-order valence-corrected chi connectivity index (χ4v) is 1.40. The topological polar surface area (TPSA) is 49.3 Å². The van der Waals surface area contributed by atoms with Crippen molar-refractivity contribution in [2.24, 2.45) is 5.92 Å². The molecule has 0 fully saturated rings. The molecule has 2 N–H and O–H groups in total. The summed E-state index contributed by atoms with van der Waals surface area (Å²) in [5.41, 5.74) is 0.671. The summed E-state index contributed by atoms with van der Waals surface area (Å²) in [5.74, 6) is 0.731. The lowest BCUT2D eigenvalue weighted by Gasteiger charge is -2.07. The quantitative estimate of drug-likeness (QED) is 0.800. The Morgan fingerprint density at radius 2 is 2.06 bits per heavy atom. The normalized spacial score (nSPS) is 10.4. The Morgan fingerprint density at radius 3 is 2.69 bits per heavy atom. The summed E-state index contributed by atoms with van der Waals surface area (Å²) < 4.78 is 0. The second kappa shape index (κ2) is 6.16. The Morgan fingerprint density at radius 1 is 1.38 bits per heavy atom. The highest BCUT2D eigenvalue weighted by molar-refractivity contribution is 5.79. The molecule has 0 aromatic heterocycles. The van der Waals surface area contributed by atoms with Crippen molar-refractivity contribution in [2.75, 3.05) is 6.54 Å². The Bertz CT molecular complexity index is 348. The van der Waals surface area contributed by atoms with E-state index in [-0.39, 0.29) is 18.1 Å². The number of nitrogens with one attached hydrogen (secondary N) is 1. The first-order chi connectivity index (χ1) is 7.59. The van der Waals surface area contributed by atoms with Gasteiger partial charge in [-0.25, -0.2) is 0 Å². The predicted molar refractivity (Wildman–Crippen MR) is 64.3 cm³/mol. The summed E-state index contributed by atoms with van der Waals surface area (Å²) >= 11 is 0. The minimum Gasteiger partial charge on any atom is -0.508 e. The molecule has 0 aliphatic heterocycles.